The normalized spacial score (nSPS) is 18.6. The van der Waals surface area contributed by atoms with Crippen molar-refractivity contribution in [3.05, 3.63) is 102 Å². The number of ether oxygens (including phenoxy) is 1. The second-order valence-electron chi connectivity index (χ2n) is 16.8. The summed E-state index contributed by atoms with van der Waals surface area (Å²) in [6.45, 7) is 7.89. The van der Waals surface area contributed by atoms with E-state index >= 15 is 0 Å². The van der Waals surface area contributed by atoms with Crippen LogP contribution in [0.4, 0.5) is 15.3 Å². The Morgan fingerprint density at radius 2 is 1.50 bits per heavy atom. The molecule has 16 heteroatoms. The fraction of sp³-hybridized carbons (Fsp3) is 0.370. The molecular weight excluding hydrogens is 789 g/mol. The summed E-state index contributed by atoms with van der Waals surface area (Å²) in [5.74, 6) is 0.209. The third kappa shape index (κ3) is 7.93. The van der Waals surface area contributed by atoms with Crippen molar-refractivity contribution in [2.24, 2.45) is 11.8 Å². The summed E-state index contributed by atoms with van der Waals surface area (Å²) < 4.78 is 6.27. The van der Waals surface area contributed by atoms with Gasteiger partial charge in [0.25, 0.3) is 5.91 Å². The van der Waals surface area contributed by atoms with Crippen LogP contribution in [0.3, 0.4) is 0 Å². The van der Waals surface area contributed by atoms with E-state index in [0.717, 1.165) is 58.1 Å². The summed E-state index contributed by atoms with van der Waals surface area (Å²) in [5.41, 5.74) is 7.40. The van der Waals surface area contributed by atoms with Crippen LogP contribution in [0.25, 0.3) is 33.6 Å². The van der Waals surface area contributed by atoms with Crippen LogP contribution >= 0.6 is 0 Å². The molecule has 16 nitrogen and oxygen atoms in total. The number of nitrogens with zero attached hydrogens (tertiary/aromatic N) is 6. The number of imidazole rings is 2. The number of nitriles is 1. The van der Waals surface area contributed by atoms with Gasteiger partial charge in [-0.2, -0.15) is 5.26 Å². The van der Waals surface area contributed by atoms with Gasteiger partial charge in [0.1, 0.15) is 17.9 Å². The molecule has 8 rings (SSSR count). The van der Waals surface area contributed by atoms with Crippen LogP contribution in [0.1, 0.15) is 98.8 Å². The second kappa shape index (κ2) is 17.1. The average Bonchev–Trinajstić information content (AvgIpc) is 4.12. The number of hydrogen-bond acceptors (Lipinski definition) is 9. The molecule has 2 saturated heterocycles. The summed E-state index contributed by atoms with van der Waals surface area (Å²) in [6.07, 6.45) is 2.92. The number of H-pyrrole nitrogens is 2. The van der Waals surface area contributed by atoms with E-state index in [1.165, 1.54) is 11.7 Å². The first-order valence-electron chi connectivity index (χ1n) is 21.0. The minimum Gasteiger partial charge on any atom is -0.465 e. The van der Waals surface area contributed by atoms with E-state index in [4.69, 9.17) is 14.7 Å². The fourth-order valence-electron chi connectivity index (χ4n) is 9.05. The first kappa shape index (κ1) is 41.6. The van der Waals surface area contributed by atoms with E-state index in [9.17, 15) is 29.5 Å². The number of aromatic nitrogens is 5. The van der Waals surface area contributed by atoms with E-state index in [1.807, 2.05) is 70.2 Å². The molecule has 5 N–H and O–H groups in total. The van der Waals surface area contributed by atoms with Crippen molar-refractivity contribution in [1.29, 1.82) is 5.26 Å². The quantitative estimate of drug-likeness (QED) is 0.0852. The van der Waals surface area contributed by atoms with Crippen molar-refractivity contribution in [2.75, 3.05) is 18.6 Å². The minimum absolute atomic E-state index is 0.0326. The molecule has 0 spiro atoms. The van der Waals surface area contributed by atoms with Crippen molar-refractivity contribution in [1.82, 2.24) is 40.0 Å². The Morgan fingerprint density at radius 3 is 2.18 bits per heavy atom. The molecule has 320 valence electrons. The number of anilines is 1. The van der Waals surface area contributed by atoms with Crippen LogP contribution in [0.2, 0.25) is 0 Å². The highest BCUT2D eigenvalue weighted by molar-refractivity contribution is 5.91. The van der Waals surface area contributed by atoms with Gasteiger partial charge in [0.15, 0.2) is 5.82 Å². The van der Waals surface area contributed by atoms with Crippen molar-refractivity contribution >= 4 is 51.8 Å². The molecular formula is C46H50N10O6. The van der Waals surface area contributed by atoms with Gasteiger partial charge in [0.05, 0.1) is 64.6 Å². The van der Waals surface area contributed by atoms with Crippen LogP contribution < -0.4 is 15.5 Å². The first-order valence-corrected chi connectivity index (χ1v) is 21.0. The first-order chi connectivity index (χ1) is 29.8. The Morgan fingerprint density at radius 1 is 0.806 bits per heavy atom. The number of alkyl carbamates (subject to hydrolysis) is 1. The molecule has 2 aliphatic rings. The molecule has 0 unspecified atom stereocenters. The molecule has 5 heterocycles. The maximum Gasteiger partial charge on any atom is 0.407 e. The van der Waals surface area contributed by atoms with Gasteiger partial charge in [0.2, 0.25) is 5.91 Å². The van der Waals surface area contributed by atoms with E-state index in [-0.39, 0.29) is 41.8 Å². The summed E-state index contributed by atoms with van der Waals surface area (Å²) in [4.78, 5) is 71.9. The van der Waals surface area contributed by atoms with Crippen molar-refractivity contribution < 1.29 is 29.0 Å². The molecule has 0 radical (unpaired) electrons. The highest BCUT2D eigenvalue weighted by atomic mass is 16.5. The Hall–Kier alpha value is -7.15. The number of rotatable bonds is 11. The largest absolute Gasteiger partial charge is 0.465 e. The van der Waals surface area contributed by atoms with E-state index in [0.29, 0.717) is 35.9 Å². The van der Waals surface area contributed by atoms with Crippen LogP contribution in [0.5, 0.6) is 0 Å². The number of carboxylic acid groups (broad SMARTS) is 1. The van der Waals surface area contributed by atoms with Gasteiger partial charge in [-0.3, -0.25) is 14.2 Å². The van der Waals surface area contributed by atoms with E-state index in [2.05, 4.69) is 55.8 Å². The smallest absolute Gasteiger partial charge is 0.407 e. The Bertz CT molecular complexity index is 2690. The number of likely N-dealkylation sites (tertiary alicyclic amines) is 1. The Kier molecular flexibility index (Phi) is 11.5. The zero-order valence-electron chi connectivity index (χ0n) is 35.3. The number of nitrogens with one attached hydrogen (secondary N) is 4. The number of methoxy groups -OCH3 is 1. The van der Waals surface area contributed by atoms with Gasteiger partial charge in [-0.1, -0.05) is 39.8 Å². The molecule has 62 heavy (non-hydrogen) atoms. The number of amides is 3. The predicted molar refractivity (Wildman–Crippen MR) is 232 cm³/mol. The molecule has 5 atom stereocenters. The second-order valence-corrected chi connectivity index (χ2v) is 16.8. The number of carbonyl (C=O) groups excluding carboxylic acids is 3. The monoisotopic (exact) mass is 838 g/mol. The highest BCUT2D eigenvalue weighted by Gasteiger charge is 2.39. The van der Waals surface area contributed by atoms with Crippen LogP contribution in [0.15, 0.2) is 79.0 Å². The van der Waals surface area contributed by atoms with Gasteiger partial charge >= 0.3 is 12.2 Å². The maximum atomic E-state index is 13.7. The lowest BCUT2D eigenvalue weighted by Gasteiger charge is -2.33. The van der Waals surface area contributed by atoms with E-state index in [1.54, 1.807) is 17.2 Å². The van der Waals surface area contributed by atoms with Gasteiger partial charge < -0.3 is 40.2 Å². The van der Waals surface area contributed by atoms with Crippen LogP contribution in [-0.2, 0) is 9.53 Å². The molecule has 3 aromatic heterocycles. The van der Waals surface area contributed by atoms with Crippen molar-refractivity contribution in [3.8, 4) is 17.6 Å². The number of fused-ring (bicyclic) bond motifs is 2. The summed E-state index contributed by atoms with van der Waals surface area (Å²) in [7, 11) is 1.26. The zero-order valence-corrected chi connectivity index (χ0v) is 35.3. The van der Waals surface area contributed by atoms with Gasteiger partial charge in [-0.05, 0) is 109 Å². The van der Waals surface area contributed by atoms with E-state index < -0.39 is 24.3 Å². The average molecular weight is 839 g/mol. The topological polar surface area (TPSA) is 214 Å². The molecule has 0 aliphatic carbocycles. The van der Waals surface area contributed by atoms with Crippen molar-refractivity contribution in [3.63, 3.8) is 0 Å². The summed E-state index contributed by atoms with van der Waals surface area (Å²) in [5, 5.41) is 24.1. The number of aromatic amines is 2. The zero-order chi connectivity index (χ0) is 43.8. The predicted octanol–water partition coefficient (Wildman–Crippen LogP) is 7.84. The lowest BCUT2D eigenvalue weighted by Crippen LogP contribution is -2.50. The lowest BCUT2D eigenvalue weighted by atomic mass is 10.0. The van der Waals surface area contributed by atoms with Crippen molar-refractivity contribution in [2.45, 2.75) is 83.6 Å². The minimum atomic E-state index is -1.23. The molecule has 3 amide bonds. The van der Waals surface area contributed by atoms with Gasteiger partial charge in [-0.25, -0.2) is 19.6 Å². The lowest BCUT2D eigenvalue weighted by molar-refractivity contribution is -0.135. The number of carbonyl (C=O) groups is 4. The number of hydrogen-bond donors (Lipinski definition) is 5. The Labute approximate surface area is 358 Å². The summed E-state index contributed by atoms with van der Waals surface area (Å²) >= 11 is 0. The Balaban J connectivity index is 1.09. The fourth-order valence-corrected chi connectivity index (χ4v) is 9.05. The SMILES string of the molecule is COC(=O)N[C@H](C(=O)n1cccc1-c1nc2cc([C@H]3CC[C@H](c4ccc5nc([C@@H]6CCCN6C(=O)[C@@H](NC(=O)O)C(C)C)[nH]c5c4)N3c3ccc(C#N)cc3)ccc2[nH]1)C(C)C. The maximum absolute atomic E-state index is 13.7. The van der Waals surface area contributed by atoms with Gasteiger partial charge in [-0.15, -0.1) is 0 Å². The highest BCUT2D eigenvalue weighted by Crippen LogP contribution is 2.48. The molecule has 0 saturated carbocycles. The summed E-state index contributed by atoms with van der Waals surface area (Å²) in [6, 6.07) is 23.8. The molecule has 2 aliphatic heterocycles. The van der Waals surface area contributed by atoms with Crippen LogP contribution in [-0.4, -0.2) is 84.2 Å². The standard InChI is InChI=1S/C46H50N10O6/c1-25(2)39(52-45(59)60)43(57)54-20-6-8-37(54)41-48-31-16-12-28(22-33(31)50-41)35-18-19-36(56(35)30-14-10-27(24-47)11-15-30)29-13-17-32-34(23-29)51-42(49-32)38-9-7-21-55(38)44(58)40(26(3)4)53-46(61)62-5/h7,9-17,21-23,25-26,35-37,39-40,52H,6,8,18-20H2,1-5H3,(H,48,50)(H,49,51)(H,53,61)(H,59,60)/t35-,36-,37+,39+,40+/m1/s1. The third-order valence-corrected chi connectivity index (χ3v) is 12.2. The molecule has 3 aromatic carbocycles. The molecule has 2 fully saturated rings. The van der Waals surface area contributed by atoms with Gasteiger partial charge in [0, 0.05) is 18.4 Å². The molecule has 0 bridgehead atoms. The molecule has 6 aromatic rings. The third-order valence-electron chi connectivity index (χ3n) is 12.2. The van der Waals surface area contributed by atoms with Crippen LogP contribution in [0, 0.1) is 23.2 Å². The number of benzene rings is 3.